The second kappa shape index (κ2) is 8.12. The number of nitrogens with one attached hydrogen (secondary N) is 1. The molecule has 30 heavy (non-hydrogen) atoms. The van der Waals surface area contributed by atoms with Crippen LogP contribution in [0.5, 0.6) is 0 Å². The van der Waals surface area contributed by atoms with Crippen molar-refractivity contribution in [2.75, 3.05) is 19.6 Å². The van der Waals surface area contributed by atoms with Crippen LogP contribution in [0.15, 0.2) is 42.5 Å². The molecule has 1 aromatic carbocycles. The van der Waals surface area contributed by atoms with Crippen LogP contribution in [0.25, 0.3) is 0 Å². The normalized spacial score (nSPS) is 36.4. The first-order chi connectivity index (χ1) is 14.2. The van der Waals surface area contributed by atoms with E-state index in [1.807, 2.05) is 37.3 Å². The topological polar surface area (TPSA) is 51.0 Å². The molecular weight excluding hydrogens is 374 g/mol. The number of carbonyl (C=O) groups excluding carboxylic acids is 1. The van der Waals surface area contributed by atoms with Crippen LogP contribution in [-0.2, 0) is 15.1 Å². The van der Waals surface area contributed by atoms with Gasteiger partial charge in [0.15, 0.2) is 0 Å². The quantitative estimate of drug-likeness (QED) is 0.558. The van der Waals surface area contributed by atoms with Crippen molar-refractivity contribution in [3.05, 3.63) is 48.0 Å². The molecule has 7 atom stereocenters. The molecule has 4 rings (SSSR count). The van der Waals surface area contributed by atoms with Crippen LogP contribution in [0.3, 0.4) is 0 Å². The van der Waals surface area contributed by atoms with Crippen molar-refractivity contribution in [3.8, 4) is 0 Å². The number of benzene rings is 1. The van der Waals surface area contributed by atoms with Gasteiger partial charge in [0, 0.05) is 5.92 Å². The molecule has 4 heteroatoms. The second-order valence-electron chi connectivity index (χ2n) is 10.5. The van der Waals surface area contributed by atoms with Gasteiger partial charge in [-0.05, 0) is 62.8 Å². The molecule has 0 amide bonds. The van der Waals surface area contributed by atoms with Crippen LogP contribution >= 0.6 is 0 Å². The Labute approximate surface area is 181 Å². The fourth-order valence-corrected chi connectivity index (χ4v) is 6.53. The first kappa shape index (κ1) is 21.6. The standard InChI is InChI=1S/C26H37NO3/c1-5-27(17-26(4,29)19-11-7-6-8-12-19)16-21-20-14-22-18(2)10-9-13-25(22,3)15-23(20)30-24(21)28/h6-8,11-12,20-23,29H,2,5,9-10,13-17H2,1,3-4H3/p+1/t20-,21?,22?,23-,25?,26?/m1/s1. The smallest absolute Gasteiger partial charge is 0.315 e. The number of aliphatic hydroxyl groups is 1. The van der Waals surface area contributed by atoms with Crippen LogP contribution in [0.2, 0.25) is 0 Å². The molecule has 3 aliphatic rings. The maximum atomic E-state index is 12.9. The number of rotatable bonds is 6. The Kier molecular flexibility index (Phi) is 5.84. The van der Waals surface area contributed by atoms with Gasteiger partial charge < -0.3 is 14.7 Å². The van der Waals surface area contributed by atoms with Crippen molar-refractivity contribution in [2.24, 2.45) is 23.2 Å². The lowest BCUT2D eigenvalue weighted by molar-refractivity contribution is -0.908. The first-order valence-electron chi connectivity index (χ1n) is 11.7. The zero-order valence-electron chi connectivity index (χ0n) is 18.8. The Morgan fingerprint density at radius 2 is 2.07 bits per heavy atom. The minimum atomic E-state index is -0.919. The molecule has 5 unspecified atom stereocenters. The van der Waals surface area contributed by atoms with Crippen LogP contribution in [-0.4, -0.2) is 36.8 Å². The Morgan fingerprint density at radius 1 is 1.33 bits per heavy atom. The highest BCUT2D eigenvalue weighted by Crippen LogP contribution is 2.56. The highest BCUT2D eigenvalue weighted by Gasteiger charge is 2.56. The van der Waals surface area contributed by atoms with Crippen molar-refractivity contribution in [3.63, 3.8) is 0 Å². The summed E-state index contributed by atoms with van der Waals surface area (Å²) in [6.07, 6.45) is 5.62. The fourth-order valence-electron chi connectivity index (χ4n) is 6.53. The number of hydrogen-bond acceptors (Lipinski definition) is 3. The lowest BCUT2D eigenvalue weighted by atomic mass is 9.55. The molecule has 4 nitrogen and oxygen atoms in total. The largest absolute Gasteiger partial charge is 0.462 e. The Morgan fingerprint density at radius 3 is 2.77 bits per heavy atom. The predicted molar refractivity (Wildman–Crippen MR) is 118 cm³/mol. The summed E-state index contributed by atoms with van der Waals surface area (Å²) in [7, 11) is 0. The lowest BCUT2D eigenvalue weighted by Gasteiger charge is -2.50. The lowest BCUT2D eigenvalue weighted by Crippen LogP contribution is -3.14. The van der Waals surface area contributed by atoms with E-state index in [1.54, 1.807) is 0 Å². The number of allylic oxidation sites excluding steroid dienone is 1. The van der Waals surface area contributed by atoms with Gasteiger partial charge in [0.1, 0.15) is 24.2 Å². The average molecular weight is 413 g/mol. The maximum Gasteiger partial charge on any atom is 0.315 e. The molecule has 0 bridgehead atoms. The predicted octanol–water partition coefficient (Wildman–Crippen LogP) is 3.11. The van der Waals surface area contributed by atoms with Gasteiger partial charge in [0.05, 0.1) is 13.1 Å². The molecule has 1 heterocycles. The Balaban J connectivity index is 1.48. The molecule has 2 saturated carbocycles. The number of quaternary nitrogens is 1. The minimum Gasteiger partial charge on any atom is -0.462 e. The van der Waals surface area contributed by atoms with Crippen LogP contribution < -0.4 is 4.90 Å². The summed E-state index contributed by atoms with van der Waals surface area (Å²) in [5.41, 5.74) is 1.62. The van der Waals surface area contributed by atoms with Gasteiger partial charge >= 0.3 is 5.97 Å². The van der Waals surface area contributed by atoms with Crippen molar-refractivity contribution in [2.45, 2.75) is 64.6 Å². The molecule has 1 aliphatic heterocycles. The first-order valence-corrected chi connectivity index (χ1v) is 11.7. The monoisotopic (exact) mass is 412 g/mol. The van der Waals surface area contributed by atoms with Crippen LogP contribution in [0.4, 0.5) is 0 Å². The average Bonchev–Trinajstić information content (AvgIpc) is 3.00. The molecule has 0 aromatic heterocycles. The molecule has 0 spiro atoms. The van der Waals surface area contributed by atoms with Crippen LogP contribution in [0.1, 0.15) is 58.4 Å². The van der Waals surface area contributed by atoms with E-state index >= 15 is 0 Å². The fraction of sp³-hybridized carbons (Fsp3) is 0.654. The van der Waals surface area contributed by atoms with E-state index in [0.29, 0.717) is 12.5 Å². The van der Waals surface area contributed by atoms with Crippen molar-refractivity contribution in [1.82, 2.24) is 0 Å². The zero-order chi connectivity index (χ0) is 21.5. The number of hydrogen-bond donors (Lipinski definition) is 2. The molecular formula is C26H38NO3+. The molecule has 0 radical (unpaired) electrons. The second-order valence-corrected chi connectivity index (χ2v) is 10.5. The Hall–Kier alpha value is -1.65. The molecule has 3 fully saturated rings. The van der Waals surface area contributed by atoms with Gasteiger partial charge in [-0.3, -0.25) is 4.79 Å². The van der Waals surface area contributed by atoms with Crippen LogP contribution in [0, 0.1) is 23.2 Å². The van der Waals surface area contributed by atoms with E-state index in [0.717, 1.165) is 37.9 Å². The van der Waals surface area contributed by atoms with Crippen molar-refractivity contribution < 1.29 is 19.5 Å². The van der Waals surface area contributed by atoms with Gasteiger partial charge in [-0.25, -0.2) is 0 Å². The molecule has 2 N–H and O–H groups in total. The van der Waals surface area contributed by atoms with Gasteiger partial charge in [-0.1, -0.05) is 49.4 Å². The SMILES string of the molecule is C=C1CCCC2(C)C[C@H]3OC(=O)C(C[NH+](CC)CC(C)(O)c4ccccc4)[C@H]3CC12. The zero-order valence-corrected chi connectivity index (χ0v) is 18.8. The summed E-state index contributed by atoms with van der Waals surface area (Å²) in [5, 5.41) is 11.1. The van der Waals surface area contributed by atoms with E-state index < -0.39 is 5.60 Å². The highest BCUT2D eigenvalue weighted by atomic mass is 16.6. The van der Waals surface area contributed by atoms with Gasteiger partial charge in [-0.15, -0.1) is 0 Å². The maximum absolute atomic E-state index is 12.9. The number of carbonyl (C=O) groups is 1. The number of esters is 1. The molecule has 2 aliphatic carbocycles. The molecule has 1 saturated heterocycles. The van der Waals surface area contributed by atoms with Gasteiger partial charge in [0.2, 0.25) is 0 Å². The summed E-state index contributed by atoms with van der Waals surface area (Å²) >= 11 is 0. The van der Waals surface area contributed by atoms with Gasteiger partial charge in [-0.2, -0.15) is 0 Å². The summed E-state index contributed by atoms with van der Waals surface area (Å²) in [5.74, 6) is 0.703. The minimum absolute atomic E-state index is 0.0248. The highest BCUT2D eigenvalue weighted by molar-refractivity contribution is 5.75. The van der Waals surface area contributed by atoms with Crippen molar-refractivity contribution in [1.29, 1.82) is 0 Å². The van der Waals surface area contributed by atoms with E-state index in [2.05, 4.69) is 20.4 Å². The van der Waals surface area contributed by atoms with E-state index in [4.69, 9.17) is 4.74 Å². The van der Waals surface area contributed by atoms with Gasteiger partial charge in [0.25, 0.3) is 0 Å². The third kappa shape index (κ3) is 3.97. The Bertz CT molecular complexity index is 789. The summed E-state index contributed by atoms with van der Waals surface area (Å²) < 4.78 is 5.94. The summed E-state index contributed by atoms with van der Waals surface area (Å²) in [6.45, 7) is 13.0. The number of fused-ring (bicyclic) bond motifs is 2. The molecule has 164 valence electrons. The van der Waals surface area contributed by atoms with E-state index in [9.17, 15) is 9.90 Å². The number of likely N-dealkylation sites (N-methyl/N-ethyl adjacent to an activating group) is 1. The molecule has 1 aromatic rings. The van der Waals surface area contributed by atoms with Crippen molar-refractivity contribution >= 4 is 5.97 Å². The third-order valence-electron chi connectivity index (χ3n) is 8.32. The van der Waals surface area contributed by atoms with E-state index in [-0.39, 0.29) is 29.3 Å². The van der Waals surface area contributed by atoms with E-state index in [1.165, 1.54) is 23.3 Å². The number of ether oxygens (including phenoxy) is 1. The summed E-state index contributed by atoms with van der Waals surface area (Å²) in [4.78, 5) is 14.2. The summed E-state index contributed by atoms with van der Waals surface area (Å²) in [6, 6.07) is 9.84. The third-order valence-corrected chi connectivity index (χ3v) is 8.32.